The van der Waals surface area contributed by atoms with Crippen molar-refractivity contribution in [2.45, 2.75) is 49.8 Å². The SMILES string of the molecule is COC(=O)CNC(=O)c1ccc(C(=O)NS(=O)(=O)c2ccc(CCNC(=O)CC3CCCCC3)cc2)cn1. The Morgan fingerprint density at radius 2 is 1.66 bits per heavy atom. The number of rotatable bonds is 11. The van der Waals surface area contributed by atoms with Crippen molar-refractivity contribution >= 4 is 33.7 Å². The molecular weight excluding hydrogens is 512 g/mol. The number of esters is 1. The number of pyridine rings is 1. The molecule has 0 aliphatic heterocycles. The number of methoxy groups -OCH3 is 1. The van der Waals surface area contributed by atoms with Gasteiger partial charge in [0.05, 0.1) is 17.6 Å². The molecule has 3 amide bonds. The van der Waals surface area contributed by atoms with Gasteiger partial charge in [-0.25, -0.2) is 13.1 Å². The van der Waals surface area contributed by atoms with Crippen LogP contribution >= 0.6 is 0 Å². The average molecular weight is 545 g/mol. The first-order chi connectivity index (χ1) is 18.2. The third-order valence-corrected chi connectivity index (χ3v) is 7.62. The summed E-state index contributed by atoms with van der Waals surface area (Å²) in [6, 6.07) is 8.53. The largest absolute Gasteiger partial charge is 0.468 e. The molecule has 204 valence electrons. The first-order valence-corrected chi connectivity index (χ1v) is 13.9. The van der Waals surface area contributed by atoms with E-state index in [-0.39, 0.29) is 28.6 Å². The maximum Gasteiger partial charge on any atom is 0.325 e. The summed E-state index contributed by atoms with van der Waals surface area (Å²) in [5.74, 6) is -1.69. The van der Waals surface area contributed by atoms with Crippen LogP contribution in [-0.2, 0) is 30.8 Å². The number of hydrogen-bond donors (Lipinski definition) is 3. The fraction of sp³-hybridized carbons (Fsp3) is 0.423. The number of aromatic nitrogens is 1. The molecule has 1 aromatic heterocycles. The highest BCUT2D eigenvalue weighted by atomic mass is 32.2. The van der Waals surface area contributed by atoms with E-state index >= 15 is 0 Å². The van der Waals surface area contributed by atoms with Gasteiger partial charge in [0.25, 0.3) is 21.8 Å². The van der Waals surface area contributed by atoms with E-state index in [1.807, 2.05) is 4.72 Å². The summed E-state index contributed by atoms with van der Waals surface area (Å²) in [5, 5.41) is 5.23. The molecule has 1 saturated carbocycles. The van der Waals surface area contributed by atoms with E-state index in [4.69, 9.17) is 0 Å². The number of nitrogens with zero attached hydrogens (tertiary/aromatic N) is 1. The van der Waals surface area contributed by atoms with Crippen LogP contribution in [-0.4, -0.2) is 57.3 Å². The second-order valence-electron chi connectivity index (χ2n) is 9.08. The zero-order valence-corrected chi connectivity index (χ0v) is 22.0. The first kappa shape index (κ1) is 28.8. The Labute approximate surface area is 221 Å². The minimum absolute atomic E-state index is 0.0446. The van der Waals surface area contributed by atoms with Crippen molar-refractivity contribution in [2.24, 2.45) is 5.92 Å². The monoisotopic (exact) mass is 544 g/mol. The average Bonchev–Trinajstić information content (AvgIpc) is 2.92. The quantitative estimate of drug-likeness (QED) is 0.361. The number of hydrogen-bond acceptors (Lipinski definition) is 8. The van der Waals surface area contributed by atoms with Gasteiger partial charge in [0.1, 0.15) is 12.2 Å². The predicted molar refractivity (Wildman–Crippen MR) is 138 cm³/mol. The van der Waals surface area contributed by atoms with Crippen LogP contribution in [0.15, 0.2) is 47.5 Å². The standard InChI is InChI=1S/C26H32N4O7S/c1-37-24(32)17-29-26(34)22-12-9-20(16-28-22)25(33)30-38(35,36)21-10-7-18(8-11-21)13-14-27-23(31)15-19-5-3-2-4-6-19/h7-12,16,19H,2-6,13-15,17H2,1H3,(H,27,31)(H,29,34)(H,30,33). The summed E-state index contributed by atoms with van der Waals surface area (Å²) in [6.45, 7) is 0.115. The summed E-state index contributed by atoms with van der Waals surface area (Å²) in [5.41, 5.74) is 0.714. The summed E-state index contributed by atoms with van der Waals surface area (Å²) in [6.07, 6.45) is 8.01. The molecule has 1 aromatic carbocycles. The Morgan fingerprint density at radius 1 is 0.947 bits per heavy atom. The Kier molecular flexibility index (Phi) is 10.3. The van der Waals surface area contributed by atoms with Crippen molar-refractivity contribution in [2.75, 3.05) is 20.2 Å². The lowest BCUT2D eigenvalue weighted by Gasteiger charge is -2.20. The van der Waals surface area contributed by atoms with Crippen molar-refractivity contribution < 1.29 is 32.3 Å². The van der Waals surface area contributed by atoms with Crippen LogP contribution in [0.2, 0.25) is 0 Å². The predicted octanol–water partition coefficient (Wildman–Crippen LogP) is 1.73. The Bertz CT molecular complexity index is 1240. The van der Waals surface area contributed by atoms with Crippen molar-refractivity contribution in [1.29, 1.82) is 0 Å². The van der Waals surface area contributed by atoms with Gasteiger partial charge in [-0.05, 0) is 55.0 Å². The van der Waals surface area contributed by atoms with Crippen LogP contribution < -0.4 is 15.4 Å². The lowest BCUT2D eigenvalue weighted by atomic mass is 9.87. The summed E-state index contributed by atoms with van der Waals surface area (Å²) >= 11 is 0. The van der Waals surface area contributed by atoms with E-state index in [2.05, 4.69) is 20.4 Å². The molecule has 1 heterocycles. The number of nitrogens with one attached hydrogen (secondary N) is 3. The van der Waals surface area contributed by atoms with E-state index in [1.165, 1.54) is 50.6 Å². The van der Waals surface area contributed by atoms with Gasteiger partial charge in [0.15, 0.2) is 0 Å². The molecular formula is C26H32N4O7S. The number of amides is 3. The Morgan fingerprint density at radius 3 is 2.29 bits per heavy atom. The zero-order valence-electron chi connectivity index (χ0n) is 21.2. The van der Waals surface area contributed by atoms with Crippen molar-refractivity contribution in [3.63, 3.8) is 0 Å². The smallest absolute Gasteiger partial charge is 0.325 e. The van der Waals surface area contributed by atoms with Crippen molar-refractivity contribution in [3.8, 4) is 0 Å². The molecule has 0 bridgehead atoms. The van der Waals surface area contributed by atoms with Gasteiger partial charge in [-0.2, -0.15) is 0 Å². The summed E-state index contributed by atoms with van der Waals surface area (Å²) < 4.78 is 31.7. The fourth-order valence-corrected chi connectivity index (χ4v) is 5.10. The maximum atomic E-state index is 12.7. The molecule has 0 spiro atoms. The highest BCUT2D eigenvalue weighted by Crippen LogP contribution is 2.26. The van der Waals surface area contributed by atoms with Crippen molar-refractivity contribution in [3.05, 3.63) is 59.4 Å². The second kappa shape index (κ2) is 13.7. The number of carbonyl (C=O) groups is 4. The molecule has 38 heavy (non-hydrogen) atoms. The molecule has 3 rings (SSSR count). The third-order valence-electron chi connectivity index (χ3n) is 6.27. The molecule has 0 radical (unpaired) electrons. The van der Waals surface area contributed by atoms with Crippen molar-refractivity contribution in [1.82, 2.24) is 20.3 Å². The highest BCUT2D eigenvalue weighted by Gasteiger charge is 2.20. The second-order valence-corrected chi connectivity index (χ2v) is 10.8. The van der Waals surface area contributed by atoms with E-state index in [0.29, 0.717) is 25.3 Å². The van der Waals surface area contributed by atoms with E-state index in [9.17, 15) is 27.6 Å². The number of sulfonamides is 1. The van der Waals surface area contributed by atoms with Gasteiger partial charge in [-0.15, -0.1) is 0 Å². The molecule has 11 nitrogen and oxygen atoms in total. The summed E-state index contributed by atoms with van der Waals surface area (Å²) in [7, 11) is -2.97. The summed E-state index contributed by atoms with van der Waals surface area (Å²) in [4.78, 5) is 51.4. The number of carbonyl (C=O) groups excluding carboxylic acids is 4. The molecule has 1 aliphatic rings. The number of ether oxygens (including phenoxy) is 1. The van der Waals surface area contributed by atoms with Crippen LogP contribution in [0.4, 0.5) is 0 Å². The number of benzene rings is 1. The lowest BCUT2D eigenvalue weighted by Crippen LogP contribution is -2.32. The van der Waals surface area contributed by atoms with Gasteiger partial charge in [0, 0.05) is 19.2 Å². The van der Waals surface area contributed by atoms with E-state index < -0.39 is 27.8 Å². The maximum absolute atomic E-state index is 12.7. The molecule has 0 saturated heterocycles. The van der Waals surface area contributed by atoms with Gasteiger partial charge in [0.2, 0.25) is 5.91 Å². The molecule has 12 heteroatoms. The van der Waals surface area contributed by atoms with Gasteiger partial charge in [-0.1, -0.05) is 31.4 Å². The third kappa shape index (κ3) is 8.65. The first-order valence-electron chi connectivity index (χ1n) is 12.4. The zero-order chi connectivity index (χ0) is 27.5. The molecule has 1 fully saturated rings. The minimum atomic E-state index is -4.15. The van der Waals surface area contributed by atoms with E-state index in [1.54, 1.807) is 12.1 Å². The molecule has 0 atom stereocenters. The van der Waals surface area contributed by atoms with Crippen LogP contribution in [0.1, 0.15) is 64.9 Å². The van der Waals surface area contributed by atoms with Crippen LogP contribution in [0.5, 0.6) is 0 Å². The molecule has 3 N–H and O–H groups in total. The molecule has 2 aromatic rings. The Balaban J connectivity index is 1.48. The lowest BCUT2D eigenvalue weighted by molar-refractivity contribution is -0.139. The van der Waals surface area contributed by atoms with Gasteiger partial charge >= 0.3 is 5.97 Å². The molecule has 1 aliphatic carbocycles. The topological polar surface area (TPSA) is 161 Å². The van der Waals surface area contributed by atoms with Crippen LogP contribution in [0.3, 0.4) is 0 Å². The normalized spacial score (nSPS) is 13.8. The van der Waals surface area contributed by atoms with Crippen LogP contribution in [0.25, 0.3) is 0 Å². The van der Waals surface area contributed by atoms with Gasteiger partial charge < -0.3 is 15.4 Å². The van der Waals surface area contributed by atoms with E-state index in [0.717, 1.165) is 24.6 Å². The van der Waals surface area contributed by atoms with Gasteiger partial charge in [-0.3, -0.25) is 24.2 Å². The molecule has 0 unspecified atom stereocenters. The highest BCUT2D eigenvalue weighted by molar-refractivity contribution is 7.90. The minimum Gasteiger partial charge on any atom is -0.468 e. The van der Waals surface area contributed by atoms with Crippen LogP contribution in [0, 0.1) is 5.92 Å². The fourth-order valence-electron chi connectivity index (χ4n) is 4.12. The Hall–Kier alpha value is -3.80.